The molecule has 1 aromatic heterocycles. The molecule has 0 amide bonds. The number of rotatable bonds is 2. The van der Waals surface area contributed by atoms with Gasteiger partial charge in [0.1, 0.15) is 4.90 Å². The molecule has 0 atom stereocenters. The summed E-state index contributed by atoms with van der Waals surface area (Å²) in [5.74, 6) is 0. The third-order valence-corrected chi connectivity index (χ3v) is 3.09. The van der Waals surface area contributed by atoms with Crippen molar-refractivity contribution in [3.8, 4) is 0 Å². The Morgan fingerprint density at radius 2 is 2.00 bits per heavy atom. The van der Waals surface area contributed by atoms with Crippen molar-refractivity contribution in [2.75, 3.05) is 19.0 Å². The van der Waals surface area contributed by atoms with E-state index in [9.17, 15) is 8.42 Å². The van der Waals surface area contributed by atoms with E-state index in [4.69, 9.17) is 5.14 Å². The average molecular weight is 280 g/mol. The predicted molar refractivity (Wildman–Crippen MR) is 57.6 cm³/mol. The lowest BCUT2D eigenvalue weighted by atomic mass is 10.4. The van der Waals surface area contributed by atoms with E-state index in [0.29, 0.717) is 10.2 Å². The standard InChI is InChI=1S/C7H10BrN3O2S/c1-11(2)7-5(8)3-10-4-6(7)14(9,12)13/h3-4H,1-2H3,(H2,9,12,13). The fraction of sp³-hybridized carbons (Fsp3) is 0.286. The van der Waals surface area contributed by atoms with Crippen LogP contribution in [0.3, 0.4) is 0 Å². The van der Waals surface area contributed by atoms with Gasteiger partial charge in [0.15, 0.2) is 0 Å². The van der Waals surface area contributed by atoms with Gasteiger partial charge in [0.2, 0.25) is 10.0 Å². The largest absolute Gasteiger partial charge is 0.376 e. The summed E-state index contributed by atoms with van der Waals surface area (Å²) in [7, 11) is -0.273. The molecule has 0 unspecified atom stereocenters. The quantitative estimate of drug-likeness (QED) is 0.858. The molecule has 0 saturated carbocycles. The molecule has 0 fully saturated rings. The maximum Gasteiger partial charge on any atom is 0.241 e. The van der Waals surface area contributed by atoms with E-state index in [1.807, 2.05) is 0 Å². The first-order chi connectivity index (χ1) is 6.34. The zero-order valence-electron chi connectivity index (χ0n) is 7.73. The van der Waals surface area contributed by atoms with Gasteiger partial charge in [-0.05, 0) is 15.9 Å². The van der Waals surface area contributed by atoms with Gasteiger partial charge in [-0.3, -0.25) is 4.98 Å². The number of aromatic nitrogens is 1. The molecule has 0 bridgehead atoms. The number of hydrogen-bond acceptors (Lipinski definition) is 4. The van der Waals surface area contributed by atoms with Crippen LogP contribution in [0.4, 0.5) is 5.69 Å². The van der Waals surface area contributed by atoms with Gasteiger partial charge in [0, 0.05) is 26.5 Å². The van der Waals surface area contributed by atoms with E-state index < -0.39 is 10.0 Å². The van der Waals surface area contributed by atoms with E-state index in [1.165, 1.54) is 12.4 Å². The maximum atomic E-state index is 11.2. The van der Waals surface area contributed by atoms with E-state index in [-0.39, 0.29) is 4.90 Å². The van der Waals surface area contributed by atoms with Crippen molar-refractivity contribution < 1.29 is 8.42 Å². The Labute approximate surface area is 91.1 Å². The van der Waals surface area contributed by atoms with E-state index in [2.05, 4.69) is 20.9 Å². The number of halogens is 1. The zero-order chi connectivity index (χ0) is 10.9. The topological polar surface area (TPSA) is 76.3 Å². The Morgan fingerprint density at radius 3 is 2.36 bits per heavy atom. The number of primary sulfonamides is 1. The lowest BCUT2D eigenvalue weighted by Gasteiger charge is -2.17. The van der Waals surface area contributed by atoms with Crippen molar-refractivity contribution in [3.63, 3.8) is 0 Å². The summed E-state index contributed by atoms with van der Waals surface area (Å²) in [6, 6.07) is 0. The van der Waals surface area contributed by atoms with Crippen LogP contribution >= 0.6 is 15.9 Å². The number of sulfonamides is 1. The molecule has 1 heterocycles. The van der Waals surface area contributed by atoms with Crippen molar-refractivity contribution in [1.82, 2.24) is 4.98 Å². The van der Waals surface area contributed by atoms with Crippen LogP contribution in [0.15, 0.2) is 21.8 Å². The highest BCUT2D eigenvalue weighted by Gasteiger charge is 2.18. The molecule has 0 aliphatic rings. The van der Waals surface area contributed by atoms with Crippen LogP contribution in [0.25, 0.3) is 0 Å². The van der Waals surface area contributed by atoms with E-state index >= 15 is 0 Å². The fourth-order valence-electron chi connectivity index (χ4n) is 1.05. The summed E-state index contributed by atoms with van der Waals surface area (Å²) in [5.41, 5.74) is 0.502. The summed E-state index contributed by atoms with van der Waals surface area (Å²) >= 11 is 3.22. The lowest BCUT2D eigenvalue weighted by molar-refractivity contribution is 0.597. The summed E-state index contributed by atoms with van der Waals surface area (Å²) < 4.78 is 23.0. The molecule has 0 spiro atoms. The highest BCUT2D eigenvalue weighted by atomic mass is 79.9. The molecule has 0 aliphatic carbocycles. The van der Waals surface area contributed by atoms with Crippen molar-refractivity contribution in [3.05, 3.63) is 16.9 Å². The second-order valence-electron chi connectivity index (χ2n) is 2.91. The first-order valence-electron chi connectivity index (χ1n) is 3.67. The van der Waals surface area contributed by atoms with Gasteiger partial charge in [0.25, 0.3) is 0 Å². The molecule has 78 valence electrons. The van der Waals surface area contributed by atoms with Gasteiger partial charge in [-0.25, -0.2) is 13.6 Å². The minimum atomic E-state index is -3.74. The Hall–Kier alpha value is -0.660. The first-order valence-corrected chi connectivity index (χ1v) is 6.01. The normalized spacial score (nSPS) is 11.4. The SMILES string of the molecule is CN(C)c1c(Br)cncc1S(N)(=O)=O. The summed E-state index contributed by atoms with van der Waals surface area (Å²) in [6.07, 6.45) is 2.75. The van der Waals surface area contributed by atoms with Crippen LogP contribution in [0.2, 0.25) is 0 Å². The Kier molecular flexibility index (Phi) is 3.13. The number of nitrogens with zero attached hydrogens (tertiary/aromatic N) is 2. The Morgan fingerprint density at radius 1 is 1.43 bits per heavy atom. The van der Waals surface area contributed by atoms with Crippen LogP contribution in [0.1, 0.15) is 0 Å². The highest BCUT2D eigenvalue weighted by Crippen LogP contribution is 2.29. The van der Waals surface area contributed by atoms with Crippen LogP contribution in [-0.2, 0) is 10.0 Å². The number of nitrogens with two attached hydrogens (primary N) is 1. The number of anilines is 1. The summed E-state index contributed by atoms with van der Waals surface area (Å²) in [6.45, 7) is 0. The van der Waals surface area contributed by atoms with Gasteiger partial charge in [-0.15, -0.1) is 0 Å². The maximum absolute atomic E-state index is 11.2. The molecule has 2 N–H and O–H groups in total. The third kappa shape index (κ3) is 2.23. The van der Waals surface area contributed by atoms with E-state index in [0.717, 1.165) is 0 Å². The molecule has 5 nitrogen and oxygen atoms in total. The molecule has 0 aromatic carbocycles. The zero-order valence-corrected chi connectivity index (χ0v) is 10.1. The fourth-order valence-corrected chi connectivity index (χ4v) is 2.64. The summed E-state index contributed by atoms with van der Waals surface area (Å²) in [4.78, 5) is 5.43. The van der Waals surface area contributed by atoms with Crippen molar-refractivity contribution >= 4 is 31.6 Å². The molecule has 0 saturated heterocycles. The van der Waals surface area contributed by atoms with Gasteiger partial charge in [-0.2, -0.15) is 0 Å². The van der Waals surface area contributed by atoms with Crippen LogP contribution in [0.5, 0.6) is 0 Å². The highest BCUT2D eigenvalue weighted by molar-refractivity contribution is 9.10. The minimum absolute atomic E-state index is 0.0110. The first kappa shape index (κ1) is 11.4. The van der Waals surface area contributed by atoms with Gasteiger partial charge in [-0.1, -0.05) is 0 Å². The van der Waals surface area contributed by atoms with Gasteiger partial charge < -0.3 is 4.90 Å². The van der Waals surface area contributed by atoms with Crippen LogP contribution in [0, 0.1) is 0 Å². The smallest absolute Gasteiger partial charge is 0.241 e. The molecular weight excluding hydrogens is 270 g/mol. The molecular formula is C7H10BrN3O2S. The van der Waals surface area contributed by atoms with Gasteiger partial charge >= 0.3 is 0 Å². The molecule has 0 radical (unpaired) electrons. The molecule has 0 aliphatic heterocycles. The van der Waals surface area contributed by atoms with Crippen molar-refractivity contribution in [2.45, 2.75) is 4.90 Å². The Balaban J connectivity index is 3.52. The molecule has 1 rings (SSSR count). The number of hydrogen-bond donors (Lipinski definition) is 1. The van der Waals surface area contributed by atoms with E-state index in [1.54, 1.807) is 19.0 Å². The second-order valence-corrected chi connectivity index (χ2v) is 5.29. The average Bonchev–Trinajstić information content (AvgIpc) is 2.01. The summed E-state index contributed by atoms with van der Waals surface area (Å²) in [5, 5.41) is 5.05. The number of pyridine rings is 1. The van der Waals surface area contributed by atoms with Crippen molar-refractivity contribution in [1.29, 1.82) is 0 Å². The lowest BCUT2D eigenvalue weighted by Crippen LogP contribution is -2.19. The molecule has 7 heteroatoms. The molecule has 1 aromatic rings. The minimum Gasteiger partial charge on any atom is -0.376 e. The molecule has 14 heavy (non-hydrogen) atoms. The van der Waals surface area contributed by atoms with Gasteiger partial charge in [0.05, 0.1) is 10.2 Å². The van der Waals surface area contributed by atoms with Crippen molar-refractivity contribution in [2.24, 2.45) is 5.14 Å². The Bertz CT molecular complexity index is 444. The predicted octanol–water partition coefficient (Wildman–Crippen LogP) is 0.558. The van der Waals surface area contributed by atoms with Crippen LogP contribution < -0.4 is 10.0 Å². The van der Waals surface area contributed by atoms with Crippen LogP contribution in [-0.4, -0.2) is 27.5 Å². The second kappa shape index (κ2) is 3.84. The monoisotopic (exact) mass is 279 g/mol. The third-order valence-electron chi connectivity index (χ3n) is 1.59.